The van der Waals surface area contributed by atoms with E-state index in [4.69, 9.17) is 0 Å². The van der Waals surface area contributed by atoms with Gasteiger partial charge < -0.3 is 10.2 Å². The third kappa shape index (κ3) is 5.07. The molecule has 2 rings (SSSR count). The molecule has 0 atom stereocenters. The van der Waals surface area contributed by atoms with Crippen molar-refractivity contribution >= 4 is 33.3 Å². The van der Waals surface area contributed by atoms with Gasteiger partial charge in [-0.05, 0) is 30.2 Å². The Balaban J connectivity index is 1.87. The number of amides is 2. The summed E-state index contributed by atoms with van der Waals surface area (Å²) in [5, 5.41) is 13.4. The second kappa shape index (κ2) is 7.73. The molecule has 2 amide bonds. The number of non-ortho nitro benzene ring substituents is 1. The topological polar surface area (TPSA) is 75.5 Å². The Morgan fingerprint density at radius 1 is 1.26 bits per heavy atom. The van der Waals surface area contributed by atoms with Crippen molar-refractivity contribution in [2.75, 3.05) is 18.9 Å². The van der Waals surface area contributed by atoms with Crippen molar-refractivity contribution in [1.82, 2.24) is 4.90 Å². The van der Waals surface area contributed by atoms with Crippen molar-refractivity contribution < 1.29 is 9.72 Å². The molecule has 23 heavy (non-hydrogen) atoms. The van der Waals surface area contributed by atoms with Gasteiger partial charge in [0.25, 0.3) is 5.69 Å². The van der Waals surface area contributed by atoms with Crippen LogP contribution in [0.15, 0.2) is 53.0 Å². The number of nitro groups is 1. The Morgan fingerprint density at radius 3 is 2.57 bits per heavy atom. The quantitative estimate of drug-likeness (QED) is 0.630. The van der Waals surface area contributed by atoms with E-state index in [9.17, 15) is 14.9 Å². The van der Waals surface area contributed by atoms with Crippen LogP contribution in [0.4, 0.5) is 16.2 Å². The molecule has 120 valence electrons. The molecule has 0 unspecified atom stereocenters. The molecule has 0 spiro atoms. The van der Waals surface area contributed by atoms with E-state index in [0.717, 1.165) is 10.0 Å². The van der Waals surface area contributed by atoms with Crippen molar-refractivity contribution in [2.45, 2.75) is 6.42 Å². The van der Waals surface area contributed by atoms with Crippen LogP contribution in [-0.4, -0.2) is 29.4 Å². The first-order valence-corrected chi connectivity index (χ1v) is 7.76. The van der Waals surface area contributed by atoms with Gasteiger partial charge in [-0.15, -0.1) is 0 Å². The van der Waals surface area contributed by atoms with Gasteiger partial charge in [0.05, 0.1) is 4.92 Å². The van der Waals surface area contributed by atoms with Gasteiger partial charge in [0.2, 0.25) is 0 Å². The lowest BCUT2D eigenvalue weighted by molar-refractivity contribution is -0.384. The molecule has 7 heteroatoms. The molecule has 2 aromatic carbocycles. The summed E-state index contributed by atoms with van der Waals surface area (Å²) in [6.07, 6.45) is 0.625. The first kappa shape index (κ1) is 17.0. The van der Waals surface area contributed by atoms with Gasteiger partial charge in [-0.3, -0.25) is 10.1 Å². The highest BCUT2D eigenvalue weighted by atomic mass is 79.9. The number of nitrogens with one attached hydrogen (secondary N) is 1. The first-order chi connectivity index (χ1) is 11.0. The van der Waals surface area contributed by atoms with E-state index in [-0.39, 0.29) is 11.7 Å². The van der Waals surface area contributed by atoms with Crippen LogP contribution >= 0.6 is 15.9 Å². The number of hydrogen-bond donors (Lipinski definition) is 1. The third-order valence-corrected chi connectivity index (χ3v) is 3.80. The van der Waals surface area contributed by atoms with E-state index in [2.05, 4.69) is 21.2 Å². The van der Waals surface area contributed by atoms with Crippen molar-refractivity contribution in [1.29, 1.82) is 0 Å². The summed E-state index contributed by atoms with van der Waals surface area (Å²) in [7, 11) is 1.71. The van der Waals surface area contributed by atoms with Crippen molar-refractivity contribution in [3.63, 3.8) is 0 Å². The maximum absolute atomic E-state index is 12.1. The molecule has 2 aromatic rings. The Bertz CT molecular complexity index is 704. The number of likely N-dealkylation sites (N-methyl/N-ethyl adjacent to an activating group) is 1. The largest absolute Gasteiger partial charge is 0.327 e. The van der Waals surface area contributed by atoms with E-state index in [1.807, 2.05) is 24.3 Å². The van der Waals surface area contributed by atoms with Gasteiger partial charge >= 0.3 is 6.03 Å². The van der Waals surface area contributed by atoms with Crippen molar-refractivity contribution in [2.24, 2.45) is 0 Å². The highest BCUT2D eigenvalue weighted by molar-refractivity contribution is 9.10. The van der Waals surface area contributed by atoms with Crippen LogP contribution < -0.4 is 5.32 Å². The number of halogens is 1. The summed E-state index contributed by atoms with van der Waals surface area (Å²) in [4.78, 5) is 23.8. The van der Waals surface area contributed by atoms with Crippen LogP contribution in [0.1, 0.15) is 5.56 Å². The molecule has 0 aliphatic carbocycles. The second-order valence-corrected chi connectivity index (χ2v) is 5.95. The SMILES string of the molecule is CN(CCc1ccc([N+](=O)[O-])cc1)C(=O)Nc1cccc(Br)c1. The van der Waals surface area contributed by atoms with Crippen LogP contribution in [0, 0.1) is 10.1 Å². The lowest BCUT2D eigenvalue weighted by atomic mass is 10.1. The highest BCUT2D eigenvalue weighted by Gasteiger charge is 2.10. The lowest BCUT2D eigenvalue weighted by Gasteiger charge is -2.18. The zero-order chi connectivity index (χ0) is 16.8. The molecule has 6 nitrogen and oxygen atoms in total. The average molecular weight is 378 g/mol. The number of carbonyl (C=O) groups excluding carboxylic acids is 1. The van der Waals surface area contributed by atoms with E-state index in [1.165, 1.54) is 12.1 Å². The van der Waals surface area contributed by atoms with Gasteiger partial charge in [-0.1, -0.05) is 34.1 Å². The molecule has 0 saturated carbocycles. The summed E-state index contributed by atoms with van der Waals surface area (Å²) in [6, 6.07) is 13.5. The monoisotopic (exact) mass is 377 g/mol. The first-order valence-electron chi connectivity index (χ1n) is 6.97. The Morgan fingerprint density at radius 2 is 1.96 bits per heavy atom. The number of anilines is 1. The van der Waals surface area contributed by atoms with Gasteiger partial charge in [0.15, 0.2) is 0 Å². The number of rotatable bonds is 5. The maximum Gasteiger partial charge on any atom is 0.321 e. The summed E-state index contributed by atoms with van der Waals surface area (Å²) in [5.74, 6) is 0. The number of urea groups is 1. The molecule has 0 heterocycles. The standard InChI is InChI=1S/C16H16BrN3O3/c1-19(16(21)18-14-4-2-3-13(17)11-14)10-9-12-5-7-15(8-6-12)20(22)23/h2-8,11H,9-10H2,1H3,(H,18,21). The maximum atomic E-state index is 12.1. The molecule has 0 fully saturated rings. The fraction of sp³-hybridized carbons (Fsp3) is 0.188. The number of nitrogens with zero attached hydrogens (tertiary/aromatic N) is 2. The molecule has 0 saturated heterocycles. The highest BCUT2D eigenvalue weighted by Crippen LogP contribution is 2.16. The molecule has 1 N–H and O–H groups in total. The van der Waals surface area contributed by atoms with Crippen LogP contribution in [0.25, 0.3) is 0 Å². The number of hydrogen-bond acceptors (Lipinski definition) is 3. The molecule has 0 aliphatic rings. The van der Waals surface area contributed by atoms with Gasteiger partial charge in [0.1, 0.15) is 0 Å². The van der Waals surface area contributed by atoms with Crippen molar-refractivity contribution in [3.8, 4) is 0 Å². The van der Waals surface area contributed by atoms with Crippen LogP contribution in [0.2, 0.25) is 0 Å². The summed E-state index contributed by atoms with van der Waals surface area (Å²) in [5.41, 5.74) is 1.72. The van der Waals surface area contributed by atoms with Gasteiger partial charge in [-0.2, -0.15) is 0 Å². The normalized spacial score (nSPS) is 10.2. The van der Waals surface area contributed by atoms with Crippen LogP contribution in [0.5, 0.6) is 0 Å². The lowest BCUT2D eigenvalue weighted by Crippen LogP contribution is -2.32. The minimum absolute atomic E-state index is 0.0644. The second-order valence-electron chi connectivity index (χ2n) is 5.04. The number of benzene rings is 2. The predicted octanol–water partition coefficient (Wildman–Crippen LogP) is 4.06. The smallest absolute Gasteiger partial charge is 0.321 e. The molecular formula is C16H16BrN3O3. The fourth-order valence-electron chi connectivity index (χ4n) is 1.97. The molecule has 0 aliphatic heterocycles. The number of nitro benzene ring substituents is 1. The fourth-order valence-corrected chi connectivity index (χ4v) is 2.37. The predicted molar refractivity (Wildman–Crippen MR) is 92.6 cm³/mol. The average Bonchev–Trinajstić information content (AvgIpc) is 2.53. The zero-order valence-electron chi connectivity index (χ0n) is 12.5. The molecule has 0 aromatic heterocycles. The van der Waals surface area contributed by atoms with E-state index in [1.54, 1.807) is 24.1 Å². The van der Waals surface area contributed by atoms with E-state index >= 15 is 0 Å². The summed E-state index contributed by atoms with van der Waals surface area (Å²) < 4.78 is 0.892. The minimum atomic E-state index is -0.429. The van der Waals surface area contributed by atoms with Crippen molar-refractivity contribution in [3.05, 3.63) is 68.7 Å². The Hall–Kier alpha value is -2.41. The van der Waals surface area contributed by atoms with E-state index in [0.29, 0.717) is 18.7 Å². The molecular weight excluding hydrogens is 362 g/mol. The van der Waals surface area contributed by atoms with E-state index < -0.39 is 4.92 Å². The number of carbonyl (C=O) groups is 1. The Labute approximate surface area is 142 Å². The molecule has 0 bridgehead atoms. The third-order valence-electron chi connectivity index (χ3n) is 3.31. The summed E-state index contributed by atoms with van der Waals surface area (Å²) in [6.45, 7) is 0.512. The minimum Gasteiger partial charge on any atom is -0.327 e. The summed E-state index contributed by atoms with van der Waals surface area (Å²) >= 11 is 3.35. The molecule has 0 radical (unpaired) electrons. The van der Waals surface area contributed by atoms with Crippen LogP contribution in [0.3, 0.4) is 0 Å². The zero-order valence-corrected chi connectivity index (χ0v) is 14.1. The van der Waals surface area contributed by atoms with Gasteiger partial charge in [-0.25, -0.2) is 4.79 Å². The Kier molecular flexibility index (Phi) is 5.70. The van der Waals surface area contributed by atoms with Gasteiger partial charge in [0, 0.05) is 35.9 Å². The van der Waals surface area contributed by atoms with Crippen LogP contribution in [-0.2, 0) is 6.42 Å².